The molecule has 0 aliphatic rings. The van der Waals surface area contributed by atoms with Gasteiger partial charge in [0, 0.05) is 22.4 Å². The largest absolute Gasteiger partial charge is 0.477 e. The minimum Gasteiger partial charge on any atom is -0.477 e. The van der Waals surface area contributed by atoms with Gasteiger partial charge in [-0.25, -0.2) is 9.78 Å². The van der Waals surface area contributed by atoms with Crippen molar-refractivity contribution in [2.45, 2.75) is 0 Å². The highest BCUT2D eigenvalue weighted by Gasteiger charge is 2.15. The Bertz CT molecular complexity index is 791. The van der Waals surface area contributed by atoms with Crippen LogP contribution in [0.4, 0.5) is 5.82 Å². The molecule has 0 atom stereocenters. The summed E-state index contributed by atoms with van der Waals surface area (Å²) in [6, 6.07) is 3.17. The van der Waals surface area contributed by atoms with Crippen molar-refractivity contribution in [3.63, 3.8) is 0 Å². The number of nitrogens with zero attached hydrogens (tertiary/aromatic N) is 2. The molecule has 0 spiro atoms. The van der Waals surface area contributed by atoms with Gasteiger partial charge in [0.15, 0.2) is 5.82 Å². The van der Waals surface area contributed by atoms with Crippen molar-refractivity contribution in [2.24, 2.45) is 0 Å². The number of amides is 1. The summed E-state index contributed by atoms with van der Waals surface area (Å²) in [5, 5.41) is 23.6. The molecule has 0 aliphatic heterocycles. The Hall–Kier alpha value is -2.52. The highest BCUT2D eigenvalue weighted by atomic mass is 32.1. The molecule has 0 aromatic carbocycles. The maximum atomic E-state index is 12.0. The Labute approximate surface area is 126 Å². The SMILES string of the molecule is O=C(Nc1cc(C(=O)O)[nH]n1)c1csc(-c2ccsc2)n1. The van der Waals surface area contributed by atoms with Gasteiger partial charge >= 0.3 is 5.97 Å². The third-order valence-electron chi connectivity index (χ3n) is 2.55. The van der Waals surface area contributed by atoms with Crippen LogP contribution in [-0.4, -0.2) is 32.2 Å². The molecule has 0 aliphatic carbocycles. The first kappa shape index (κ1) is 13.5. The van der Waals surface area contributed by atoms with Crippen LogP contribution >= 0.6 is 22.7 Å². The molecule has 21 heavy (non-hydrogen) atoms. The normalized spacial score (nSPS) is 10.5. The van der Waals surface area contributed by atoms with Crippen LogP contribution in [0.1, 0.15) is 21.0 Å². The van der Waals surface area contributed by atoms with Gasteiger partial charge in [0.2, 0.25) is 0 Å². The average molecular weight is 320 g/mol. The molecule has 3 rings (SSSR count). The number of hydrogen-bond donors (Lipinski definition) is 3. The summed E-state index contributed by atoms with van der Waals surface area (Å²) in [6.07, 6.45) is 0. The molecule has 0 bridgehead atoms. The fourth-order valence-electron chi connectivity index (χ4n) is 1.57. The smallest absolute Gasteiger partial charge is 0.353 e. The number of carbonyl (C=O) groups is 2. The van der Waals surface area contributed by atoms with Crippen molar-refractivity contribution in [1.29, 1.82) is 0 Å². The predicted octanol–water partition coefficient (Wildman–Crippen LogP) is 2.55. The van der Waals surface area contributed by atoms with Crippen LogP contribution in [-0.2, 0) is 0 Å². The van der Waals surface area contributed by atoms with Crippen LogP contribution in [0.15, 0.2) is 28.3 Å². The van der Waals surface area contributed by atoms with Gasteiger partial charge < -0.3 is 10.4 Å². The third kappa shape index (κ3) is 2.83. The molecule has 3 aromatic heterocycles. The summed E-state index contributed by atoms with van der Waals surface area (Å²) in [6.45, 7) is 0. The van der Waals surface area contributed by atoms with E-state index in [1.165, 1.54) is 17.4 Å². The molecule has 3 heterocycles. The molecule has 7 nitrogen and oxygen atoms in total. The number of nitrogens with one attached hydrogen (secondary N) is 2. The van der Waals surface area contributed by atoms with E-state index in [0.29, 0.717) is 0 Å². The number of carboxylic acid groups (broad SMARTS) is 1. The molecule has 1 amide bonds. The topological polar surface area (TPSA) is 108 Å². The molecule has 0 saturated carbocycles. The predicted molar refractivity (Wildman–Crippen MR) is 78.9 cm³/mol. The number of anilines is 1. The van der Waals surface area contributed by atoms with Gasteiger partial charge in [0.25, 0.3) is 5.91 Å². The Kier molecular flexibility index (Phi) is 3.50. The van der Waals surface area contributed by atoms with Crippen molar-refractivity contribution in [1.82, 2.24) is 15.2 Å². The van der Waals surface area contributed by atoms with Gasteiger partial charge in [-0.2, -0.15) is 16.4 Å². The third-order valence-corrected chi connectivity index (χ3v) is 4.13. The number of aromatic nitrogens is 3. The summed E-state index contributed by atoms with van der Waals surface area (Å²) < 4.78 is 0. The first-order chi connectivity index (χ1) is 10.1. The molecular formula is C12H8N4O3S2. The average Bonchev–Trinajstić information content (AvgIpc) is 3.19. The highest BCUT2D eigenvalue weighted by Crippen LogP contribution is 2.25. The van der Waals surface area contributed by atoms with E-state index in [2.05, 4.69) is 20.5 Å². The van der Waals surface area contributed by atoms with Crippen molar-refractivity contribution < 1.29 is 14.7 Å². The van der Waals surface area contributed by atoms with Gasteiger partial charge in [-0.3, -0.25) is 9.89 Å². The zero-order valence-corrected chi connectivity index (χ0v) is 12.0. The lowest BCUT2D eigenvalue weighted by atomic mass is 10.3. The molecule has 3 N–H and O–H groups in total. The lowest BCUT2D eigenvalue weighted by Crippen LogP contribution is -2.12. The Morgan fingerprint density at radius 2 is 2.19 bits per heavy atom. The van der Waals surface area contributed by atoms with E-state index in [-0.39, 0.29) is 17.2 Å². The number of thiazole rings is 1. The van der Waals surface area contributed by atoms with Crippen LogP contribution in [0.3, 0.4) is 0 Å². The van der Waals surface area contributed by atoms with E-state index in [1.807, 2.05) is 16.8 Å². The van der Waals surface area contributed by atoms with Crippen LogP contribution in [0, 0.1) is 0 Å². The van der Waals surface area contributed by atoms with E-state index in [9.17, 15) is 9.59 Å². The second-order valence-corrected chi connectivity index (χ2v) is 5.61. The molecular weight excluding hydrogens is 312 g/mol. The zero-order valence-electron chi connectivity index (χ0n) is 10.4. The van der Waals surface area contributed by atoms with Gasteiger partial charge in [-0.05, 0) is 11.4 Å². The standard InChI is InChI=1S/C12H8N4O3S2/c17-10(14-9-3-7(12(18)19)15-16-9)8-5-21-11(13-8)6-1-2-20-4-6/h1-5H,(H,18,19)(H2,14,15,16,17). The summed E-state index contributed by atoms with van der Waals surface area (Å²) >= 11 is 2.93. The van der Waals surface area contributed by atoms with Crippen molar-refractivity contribution in [3.05, 3.63) is 39.7 Å². The number of aromatic amines is 1. The van der Waals surface area contributed by atoms with E-state index in [1.54, 1.807) is 16.7 Å². The number of rotatable bonds is 4. The minimum absolute atomic E-state index is 0.0949. The summed E-state index contributed by atoms with van der Waals surface area (Å²) in [5.74, 6) is -1.44. The van der Waals surface area contributed by atoms with E-state index in [4.69, 9.17) is 5.11 Å². The maximum Gasteiger partial charge on any atom is 0.353 e. The lowest BCUT2D eigenvalue weighted by Gasteiger charge is -1.96. The highest BCUT2D eigenvalue weighted by molar-refractivity contribution is 7.14. The molecule has 106 valence electrons. The Balaban J connectivity index is 1.74. The molecule has 0 fully saturated rings. The van der Waals surface area contributed by atoms with Gasteiger partial charge in [0.1, 0.15) is 16.4 Å². The fourth-order valence-corrected chi connectivity index (χ4v) is 3.08. The number of carbonyl (C=O) groups excluding carboxylic acids is 1. The molecule has 9 heteroatoms. The number of H-pyrrole nitrogens is 1. The van der Waals surface area contributed by atoms with Crippen LogP contribution in [0.5, 0.6) is 0 Å². The van der Waals surface area contributed by atoms with Gasteiger partial charge in [0.05, 0.1) is 0 Å². The van der Waals surface area contributed by atoms with E-state index >= 15 is 0 Å². The zero-order chi connectivity index (χ0) is 14.8. The second-order valence-electron chi connectivity index (χ2n) is 3.98. The van der Waals surface area contributed by atoms with Crippen molar-refractivity contribution in [3.8, 4) is 10.6 Å². The van der Waals surface area contributed by atoms with Crippen molar-refractivity contribution in [2.75, 3.05) is 5.32 Å². The van der Waals surface area contributed by atoms with Crippen LogP contribution in [0.2, 0.25) is 0 Å². The van der Waals surface area contributed by atoms with Crippen molar-refractivity contribution >= 4 is 40.4 Å². The minimum atomic E-state index is -1.14. The lowest BCUT2D eigenvalue weighted by molar-refractivity contribution is 0.0690. The molecule has 0 saturated heterocycles. The maximum absolute atomic E-state index is 12.0. The number of aromatic carboxylic acids is 1. The fraction of sp³-hybridized carbons (Fsp3) is 0. The number of carboxylic acids is 1. The van der Waals surface area contributed by atoms with E-state index in [0.717, 1.165) is 10.6 Å². The Morgan fingerprint density at radius 1 is 1.33 bits per heavy atom. The first-order valence-corrected chi connectivity index (χ1v) is 7.54. The first-order valence-electron chi connectivity index (χ1n) is 5.71. The number of thiophene rings is 1. The molecule has 0 unspecified atom stereocenters. The summed E-state index contributed by atoms with van der Waals surface area (Å²) in [5.41, 5.74) is 1.14. The van der Waals surface area contributed by atoms with Gasteiger partial charge in [-0.1, -0.05) is 0 Å². The van der Waals surface area contributed by atoms with Crippen LogP contribution in [0.25, 0.3) is 10.6 Å². The van der Waals surface area contributed by atoms with Crippen LogP contribution < -0.4 is 5.32 Å². The Morgan fingerprint density at radius 3 is 2.86 bits per heavy atom. The quantitative estimate of drug-likeness (QED) is 0.684. The molecule has 0 radical (unpaired) electrons. The van der Waals surface area contributed by atoms with Gasteiger partial charge in [-0.15, -0.1) is 11.3 Å². The monoisotopic (exact) mass is 320 g/mol. The second kappa shape index (κ2) is 5.46. The summed E-state index contributed by atoms with van der Waals surface area (Å²) in [7, 11) is 0. The van der Waals surface area contributed by atoms with E-state index < -0.39 is 11.9 Å². The molecule has 3 aromatic rings. The summed E-state index contributed by atoms with van der Waals surface area (Å²) in [4.78, 5) is 27.0. The number of hydrogen-bond acceptors (Lipinski definition) is 6.